The summed E-state index contributed by atoms with van der Waals surface area (Å²) in [5.74, 6) is 0.122. The lowest BCUT2D eigenvalue weighted by Crippen LogP contribution is -2.26. The second kappa shape index (κ2) is 7.68. The van der Waals surface area contributed by atoms with Crippen molar-refractivity contribution in [1.29, 1.82) is 0 Å². The van der Waals surface area contributed by atoms with Gasteiger partial charge in [-0.05, 0) is 22.8 Å². The van der Waals surface area contributed by atoms with Crippen LogP contribution in [-0.2, 0) is 11.2 Å². The SMILES string of the molecule is CCCCCCNC(=O)Cc1ccc2ccccc2c1. The molecule has 0 saturated carbocycles. The van der Waals surface area contributed by atoms with Gasteiger partial charge in [-0.25, -0.2) is 0 Å². The third-order valence-electron chi connectivity index (χ3n) is 3.53. The minimum Gasteiger partial charge on any atom is -0.356 e. The monoisotopic (exact) mass is 269 g/mol. The Hall–Kier alpha value is -1.83. The first-order chi connectivity index (χ1) is 9.79. The highest BCUT2D eigenvalue weighted by Gasteiger charge is 2.03. The number of rotatable bonds is 7. The van der Waals surface area contributed by atoms with Gasteiger partial charge in [0.25, 0.3) is 0 Å². The van der Waals surface area contributed by atoms with Gasteiger partial charge in [0, 0.05) is 6.54 Å². The lowest BCUT2D eigenvalue weighted by atomic mass is 10.0. The number of amides is 1. The van der Waals surface area contributed by atoms with E-state index in [1.54, 1.807) is 0 Å². The van der Waals surface area contributed by atoms with Gasteiger partial charge < -0.3 is 5.32 Å². The summed E-state index contributed by atoms with van der Waals surface area (Å²) in [5, 5.41) is 5.41. The van der Waals surface area contributed by atoms with Gasteiger partial charge in [0.2, 0.25) is 5.91 Å². The second-order valence-electron chi connectivity index (χ2n) is 5.27. The van der Waals surface area contributed by atoms with Gasteiger partial charge in [-0.15, -0.1) is 0 Å². The predicted molar refractivity (Wildman–Crippen MR) is 84.8 cm³/mol. The zero-order valence-electron chi connectivity index (χ0n) is 12.2. The van der Waals surface area contributed by atoms with Crippen LogP contribution in [-0.4, -0.2) is 12.5 Å². The molecule has 0 radical (unpaired) electrons. The Morgan fingerprint density at radius 2 is 1.80 bits per heavy atom. The molecule has 20 heavy (non-hydrogen) atoms. The quantitative estimate of drug-likeness (QED) is 0.754. The van der Waals surface area contributed by atoms with Crippen molar-refractivity contribution in [2.75, 3.05) is 6.54 Å². The van der Waals surface area contributed by atoms with E-state index in [1.165, 1.54) is 30.0 Å². The molecule has 0 unspecified atom stereocenters. The molecule has 1 amide bonds. The van der Waals surface area contributed by atoms with E-state index in [9.17, 15) is 4.79 Å². The van der Waals surface area contributed by atoms with Crippen molar-refractivity contribution < 1.29 is 4.79 Å². The largest absolute Gasteiger partial charge is 0.356 e. The molecule has 0 aliphatic carbocycles. The molecule has 2 heteroatoms. The Kier molecular flexibility index (Phi) is 5.60. The Morgan fingerprint density at radius 1 is 1.00 bits per heavy atom. The molecule has 0 heterocycles. The third kappa shape index (κ3) is 4.37. The summed E-state index contributed by atoms with van der Waals surface area (Å²) in [6, 6.07) is 14.5. The van der Waals surface area contributed by atoms with Crippen LogP contribution in [0.3, 0.4) is 0 Å². The highest BCUT2D eigenvalue weighted by Crippen LogP contribution is 2.15. The number of carbonyl (C=O) groups excluding carboxylic acids is 1. The van der Waals surface area contributed by atoms with Crippen molar-refractivity contribution in [1.82, 2.24) is 5.32 Å². The van der Waals surface area contributed by atoms with Crippen LogP contribution in [0.25, 0.3) is 10.8 Å². The van der Waals surface area contributed by atoms with Gasteiger partial charge >= 0.3 is 0 Å². The minimum absolute atomic E-state index is 0.122. The van der Waals surface area contributed by atoms with Crippen LogP contribution in [0, 0.1) is 0 Å². The first-order valence-corrected chi connectivity index (χ1v) is 7.54. The third-order valence-corrected chi connectivity index (χ3v) is 3.53. The van der Waals surface area contributed by atoms with E-state index < -0.39 is 0 Å². The highest BCUT2D eigenvalue weighted by molar-refractivity contribution is 5.85. The summed E-state index contributed by atoms with van der Waals surface area (Å²) in [7, 11) is 0. The Morgan fingerprint density at radius 3 is 2.60 bits per heavy atom. The second-order valence-corrected chi connectivity index (χ2v) is 5.27. The Bertz CT molecular complexity index is 562. The fraction of sp³-hybridized carbons (Fsp3) is 0.389. The first kappa shape index (κ1) is 14.6. The lowest BCUT2D eigenvalue weighted by molar-refractivity contribution is -0.120. The molecule has 0 spiro atoms. The fourth-order valence-electron chi connectivity index (χ4n) is 2.38. The van der Waals surface area contributed by atoms with Gasteiger partial charge in [-0.3, -0.25) is 4.79 Å². The molecule has 0 aliphatic rings. The van der Waals surface area contributed by atoms with Crippen LogP contribution in [0.2, 0.25) is 0 Å². The molecular formula is C18H23NO. The summed E-state index contributed by atoms with van der Waals surface area (Å²) < 4.78 is 0. The summed E-state index contributed by atoms with van der Waals surface area (Å²) in [4.78, 5) is 11.9. The smallest absolute Gasteiger partial charge is 0.224 e. The number of nitrogens with one attached hydrogen (secondary N) is 1. The lowest BCUT2D eigenvalue weighted by Gasteiger charge is -2.06. The summed E-state index contributed by atoms with van der Waals surface area (Å²) in [6.45, 7) is 2.99. The van der Waals surface area contributed by atoms with Crippen molar-refractivity contribution >= 4 is 16.7 Å². The van der Waals surface area contributed by atoms with Crippen LogP contribution in [0.4, 0.5) is 0 Å². The Labute approximate surface area is 121 Å². The molecule has 2 rings (SSSR count). The van der Waals surface area contributed by atoms with Crippen LogP contribution in [0.5, 0.6) is 0 Å². The molecular weight excluding hydrogens is 246 g/mol. The normalized spacial score (nSPS) is 10.7. The molecule has 0 saturated heterocycles. The highest BCUT2D eigenvalue weighted by atomic mass is 16.1. The molecule has 0 aliphatic heterocycles. The summed E-state index contributed by atoms with van der Waals surface area (Å²) in [6.07, 6.45) is 5.23. The predicted octanol–water partition coefficient (Wildman–Crippen LogP) is 4.08. The van der Waals surface area contributed by atoms with Crippen molar-refractivity contribution in [2.45, 2.75) is 39.0 Å². The van der Waals surface area contributed by atoms with Crippen LogP contribution in [0.1, 0.15) is 38.2 Å². The van der Waals surface area contributed by atoms with E-state index >= 15 is 0 Å². The van der Waals surface area contributed by atoms with E-state index in [0.29, 0.717) is 6.42 Å². The topological polar surface area (TPSA) is 29.1 Å². The standard InChI is InChI=1S/C18H23NO/c1-2-3-4-7-12-19-18(20)14-15-10-11-16-8-5-6-9-17(16)13-15/h5-6,8-11,13H,2-4,7,12,14H2,1H3,(H,19,20). The minimum atomic E-state index is 0.122. The molecule has 0 bridgehead atoms. The molecule has 2 nitrogen and oxygen atoms in total. The zero-order chi connectivity index (χ0) is 14.2. The molecule has 106 valence electrons. The van der Waals surface area contributed by atoms with Crippen molar-refractivity contribution in [2.24, 2.45) is 0 Å². The molecule has 0 aromatic heterocycles. The zero-order valence-corrected chi connectivity index (χ0v) is 12.2. The number of benzene rings is 2. The number of hydrogen-bond acceptors (Lipinski definition) is 1. The maximum Gasteiger partial charge on any atom is 0.224 e. The van der Waals surface area contributed by atoms with Crippen LogP contribution in [0.15, 0.2) is 42.5 Å². The molecule has 2 aromatic rings. The van der Waals surface area contributed by atoms with Crippen molar-refractivity contribution in [3.63, 3.8) is 0 Å². The molecule has 1 N–H and O–H groups in total. The Balaban J connectivity index is 1.83. The maximum absolute atomic E-state index is 11.9. The van der Waals surface area contributed by atoms with Crippen molar-refractivity contribution in [3.8, 4) is 0 Å². The average Bonchev–Trinajstić information content (AvgIpc) is 2.47. The number of fused-ring (bicyclic) bond motifs is 1. The van der Waals surface area contributed by atoms with E-state index in [4.69, 9.17) is 0 Å². The fourth-order valence-corrected chi connectivity index (χ4v) is 2.38. The number of unbranched alkanes of at least 4 members (excludes halogenated alkanes) is 3. The average molecular weight is 269 g/mol. The van der Waals surface area contributed by atoms with Crippen LogP contribution >= 0.6 is 0 Å². The van der Waals surface area contributed by atoms with Gasteiger partial charge in [-0.2, -0.15) is 0 Å². The molecule has 0 fully saturated rings. The van der Waals surface area contributed by atoms with Gasteiger partial charge in [0.15, 0.2) is 0 Å². The van der Waals surface area contributed by atoms with Crippen LogP contribution < -0.4 is 5.32 Å². The van der Waals surface area contributed by atoms with E-state index in [1.807, 2.05) is 18.2 Å². The number of carbonyl (C=O) groups is 1. The van der Waals surface area contributed by atoms with E-state index in [2.05, 4.69) is 36.5 Å². The van der Waals surface area contributed by atoms with Gasteiger partial charge in [0.05, 0.1) is 6.42 Å². The summed E-state index contributed by atoms with van der Waals surface area (Å²) in [5.41, 5.74) is 1.08. The number of hydrogen-bond donors (Lipinski definition) is 1. The van der Waals surface area contributed by atoms with E-state index in [0.717, 1.165) is 18.5 Å². The summed E-state index contributed by atoms with van der Waals surface area (Å²) >= 11 is 0. The van der Waals surface area contributed by atoms with Gasteiger partial charge in [0.1, 0.15) is 0 Å². The van der Waals surface area contributed by atoms with Crippen molar-refractivity contribution in [3.05, 3.63) is 48.0 Å². The van der Waals surface area contributed by atoms with E-state index in [-0.39, 0.29) is 5.91 Å². The molecule has 0 atom stereocenters. The van der Waals surface area contributed by atoms with Gasteiger partial charge in [-0.1, -0.05) is 68.7 Å². The maximum atomic E-state index is 11.9. The first-order valence-electron chi connectivity index (χ1n) is 7.54. The molecule has 2 aromatic carbocycles.